The lowest BCUT2D eigenvalue weighted by molar-refractivity contribution is 0.102. The number of nitrogens with one attached hydrogen (secondary N) is 2. The Kier molecular flexibility index (Phi) is 4.95. The molecule has 3 rings (SSSR count). The Balaban J connectivity index is 1.74. The number of aromatic nitrogens is 2. The number of thiazole rings is 1. The van der Waals surface area contributed by atoms with Crippen molar-refractivity contribution in [3.63, 3.8) is 0 Å². The van der Waals surface area contributed by atoms with Gasteiger partial charge in [0, 0.05) is 29.4 Å². The number of benzene rings is 1. The number of hydrogen-bond acceptors (Lipinski definition) is 5. The van der Waals surface area contributed by atoms with Crippen LogP contribution in [-0.4, -0.2) is 22.0 Å². The van der Waals surface area contributed by atoms with Crippen LogP contribution in [-0.2, 0) is 0 Å². The molecule has 2 N–H and O–H groups in total. The van der Waals surface area contributed by atoms with Crippen LogP contribution in [0, 0.1) is 0 Å². The highest BCUT2D eigenvalue weighted by molar-refractivity contribution is 7.13. The molecule has 0 aliphatic carbocycles. The molecule has 7 heteroatoms. The van der Waals surface area contributed by atoms with Gasteiger partial charge in [-0.3, -0.25) is 9.59 Å². The summed E-state index contributed by atoms with van der Waals surface area (Å²) in [5.41, 5.74) is 1.10. The maximum absolute atomic E-state index is 12.2. The molecule has 0 fully saturated rings. The molecule has 0 aliphatic heterocycles. The number of carbonyl (C=O) groups is 1. The van der Waals surface area contributed by atoms with Gasteiger partial charge in [-0.05, 0) is 38.1 Å². The molecule has 0 saturated carbocycles. The molecule has 0 atom stereocenters. The molecular weight excluding hydrogens is 338 g/mol. The van der Waals surface area contributed by atoms with Gasteiger partial charge in [0.15, 0.2) is 0 Å². The fraction of sp³-hybridized carbons (Fsp3) is 0.167. The summed E-state index contributed by atoms with van der Waals surface area (Å²) in [6.45, 7) is 3.94. The molecule has 0 aliphatic rings. The summed E-state index contributed by atoms with van der Waals surface area (Å²) >= 11 is 1.37. The summed E-state index contributed by atoms with van der Waals surface area (Å²) in [6, 6.07) is 8.91. The number of anilines is 1. The maximum Gasteiger partial charge on any atom is 0.275 e. The number of carbonyl (C=O) groups excluding carboxylic acids is 1. The van der Waals surface area contributed by atoms with Crippen molar-refractivity contribution in [2.24, 2.45) is 0 Å². The Labute approximate surface area is 148 Å². The Hall–Kier alpha value is -2.93. The van der Waals surface area contributed by atoms with Crippen LogP contribution >= 0.6 is 11.3 Å². The fourth-order valence-corrected chi connectivity index (χ4v) is 2.97. The fourth-order valence-electron chi connectivity index (χ4n) is 2.16. The number of H-pyrrole nitrogens is 1. The van der Waals surface area contributed by atoms with Crippen LogP contribution in [0.3, 0.4) is 0 Å². The van der Waals surface area contributed by atoms with Crippen LogP contribution in [0.5, 0.6) is 5.75 Å². The Morgan fingerprint density at radius 3 is 2.68 bits per heavy atom. The molecule has 2 aromatic heterocycles. The first-order valence-electron chi connectivity index (χ1n) is 7.74. The van der Waals surface area contributed by atoms with Gasteiger partial charge < -0.3 is 15.0 Å². The molecule has 3 aromatic rings. The van der Waals surface area contributed by atoms with E-state index in [0.717, 1.165) is 16.3 Å². The third kappa shape index (κ3) is 4.13. The van der Waals surface area contributed by atoms with Crippen molar-refractivity contribution in [2.45, 2.75) is 20.0 Å². The summed E-state index contributed by atoms with van der Waals surface area (Å²) in [7, 11) is 0. The van der Waals surface area contributed by atoms with E-state index in [2.05, 4.69) is 15.3 Å². The largest absolute Gasteiger partial charge is 0.491 e. The van der Waals surface area contributed by atoms with E-state index >= 15 is 0 Å². The van der Waals surface area contributed by atoms with E-state index < -0.39 is 5.91 Å². The number of rotatable bonds is 5. The van der Waals surface area contributed by atoms with Gasteiger partial charge in [-0.2, -0.15) is 0 Å². The van der Waals surface area contributed by atoms with Crippen molar-refractivity contribution in [1.29, 1.82) is 0 Å². The molecule has 0 unspecified atom stereocenters. The van der Waals surface area contributed by atoms with E-state index in [9.17, 15) is 9.59 Å². The van der Waals surface area contributed by atoms with Crippen LogP contribution in [0.15, 0.2) is 52.9 Å². The number of aromatic amines is 1. The van der Waals surface area contributed by atoms with Gasteiger partial charge in [0.05, 0.1) is 6.10 Å². The monoisotopic (exact) mass is 355 g/mol. The minimum atomic E-state index is -0.418. The van der Waals surface area contributed by atoms with Crippen molar-refractivity contribution >= 4 is 22.9 Å². The second kappa shape index (κ2) is 7.31. The first-order valence-corrected chi connectivity index (χ1v) is 8.62. The molecule has 0 radical (unpaired) electrons. The van der Waals surface area contributed by atoms with Gasteiger partial charge in [-0.25, -0.2) is 4.98 Å². The van der Waals surface area contributed by atoms with E-state index in [1.807, 2.05) is 38.1 Å². The van der Waals surface area contributed by atoms with E-state index in [0.29, 0.717) is 0 Å². The number of pyridine rings is 1. The molecular formula is C18H17N3O3S. The molecule has 1 aromatic carbocycles. The first kappa shape index (κ1) is 16.9. The standard InChI is InChI=1S/C18H17N3O3S/c1-11(2)24-13-5-3-12(4-6-13)18-21-15(10-25-18)17(23)20-14-9-19-8-7-16(14)22/h3-11H,1-2H3,(H,19,22)(H,20,23). The lowest BCUT2D eigenvalue weighted by Gasteiger charge is -2.09. The highest BCUT2D eigenvalue weighted by atomic mass is 32.1. The topological polar surface area (TPSA) is 84.1 Å². The minimum Gasteiger partial charge on any atom is -0.491 e. The number of ether oxygens (including phenoxy) is 1. The summed E-state index contributed by atoms with van der Waals surface area (Å²) in [5.74, 6) is 0.371. The maximum atomic E-state index is 12.2. The van der Waals surface area contributed by atoms with Crippen LogP contribution in [0.25, 0.3) is 10.6 Å². The highest BCUT2D eigenvalue weighted by Crippen LogP contribution is 2.26. The van der Waals surface area contributed by atoms with E-state index in [4.69, 9.17) is 4.74 Å². The zero-order valence-corrected chi connectivity index (χ0v) is 14.6. The van der Waals surface area contributed by atoms with Crippen LogP contribution in [0.1, 0.15) is 24.3 Å². The van der Waals surface area contributed by atoms with Gasteiger partial charge in [-0.15, -0.1) is 11.3 Å². The van der Waals surface area contributed by atoms with Gasteiger partial charge in [0.2, 0.25) is 5.43 Å². The highest BCUT2D eigenvalue weighted by Gasteiger charge is 2.13. The summed E-state index contributed by atoms with van der Waals surface area (Å²) in [4.78, 5) is 31.0. The van der Waals surface area contributed by atoms with Gasteiger partial charge >= 0.3 is 0 Å². The van der Waals surface area contributed by atoms with E-state index in [-0.39, 0.29) is 22.9 Å². The smallest absolute Gasteiger partial charge is 0.275 e. The molecule has 2 heterocycles. The predicted octanol–water partition coefficient (Wildman–Crippen LogP) is 3.54. The van der Waals surface area contributed by atoms with E-state index in [1.165, 1.54) is 29.8 Å². The third-order valence-electron chi connectivity index (χ3n) is 3.28. The van der Waals surface area contributed by atoms with Crippen LogP contribution in [0.2, 0.25) is 0 Å². The predicted molar refractivity (Wildman–Crippen MR) is 98.3 cm³/mol. The van der Waals surface area contributed by atoms with E-state index in [1.54, 1.807) is 5.38 Å². The normalized spacial score (nSPS) is 10.7. The molecule has 0 saturated heterocycles. The van der Waals surface area contributed by atoms with Crippen molar-refractivity contribution < 1.29 is 9.53 Å². The first-order chi connectivity index (χ1) is 12.0. The second-order valence-corrected chi connectivity index (χ2v) is 6.46. The van der Waals surface area contributed by atoms with Crippen molar-refractivity contribution in [3.8, 4) is 16.3 Å². The van der Waals surface area contributed by atoms with Crippen LogP contribution in [0.4, 0.5) is 5.69 Å². The van der Waals surface area contributed by atoms with Gasteiger partial charge in [0.25, 0.3) is 5.91 Å². The molecule has 128 valence electrons. The van der Waals surface area contributed by atoms with Crippen molar-refractivity contribution in [2.75, 3.05) is 5.32 Å². The SMILES string of the molecule is CC(C)Oc1ccc(-c2nc(C(=O)Nc3c[nH]ccc3=O)cs2)cc1. The number of hydrogen-bond donors (Lipinski definition) is 2. The average molecular weight is 355 g/mol. The summed E-state index contributed by atoms with van der Waals surface area (Å²) < 4.78 is 5.61. The number of nitrogens with zero attached hydrogens (tertiary/aromatic N) is 1. The Morgan fingerprint density at radius 2 is 2.00 bits per heavy atom. The van der Waals surface area contributed by atoms with Crippen LogP contribution < -0.4 is 15.5 Å². The molecule has 25 heavy (non-hydrogen) atoms. The zero-order valence-electron chi connectivity index (χ0n) is 13.8. The Morgan fingerprint density at radius 1 is 1.24 bits per heavy atom. The molecule has 0 spiro atoms. The minimum absolute atomic E-state index is 0.113. The van der Waals surface area contributed by atoms with Crippen molar-refractivity contribution in [1.82, 2.24) is 9.97 Å². The lowest BCUT2D eigenvalue weighted by Crippen LogP contribution is -2.18. The van der Waals surface area contributed by atoms with Crippen molar-refractivity contribution in [3.05, 3.63) is 64.0 Å². The second-order valence-electron chi connectivity index (χ2n) is 5.61. The zero-order chi connectivity index (χ0) is 17.8. The number of amides is 1. The quantitative estimate of drug-likeness (QED) is 0.733. The summed E-state index contributed by atoms with van der Waals surface area (Å²) in [6.07, 6.45) is 3.06. The molecule has 6 nitrogen and oxygen atoms in total. The Bertz CT molecular complexity index is 929. The van der Waals surface area contributed by atoms with Gasteiger partial charge in [0.1, 0.15) is 22.1 Å². The molecule has 0 bridgehead atoms. The summed E-state index contributed by atoms with van der Waals surface area (Å²) in [5, 5.41) is 4.96. The average Bonchev–Trinajstić information content (AvgIpc) is 3.07. The van der Waals surface area contributed by atoms with Gasteiger partial charge in [-0.1, -0.05) is 0 Å². The molecule has 1 amide bonds. The lowest BCUT2D eigenvalue weighted by atomic mass is 10.2. The third-order valence-corrected chi connectivity index (χ3v) is 4.17.